The Balaban J connectivity index is 1.75. The zero-order valence-electron chi connectivity index (χ0n) is 13.7. The number of morpholine rings is 1. The van der Waals surface area contributed by atoms with Crippen LogP contribution in [0.2, 0.25) is 0 Å². The summed E-state index contributed by atoms with van der Waals surface area (Å²) in [6.07, 6.45) is 0. The van der Waals surface area contributed by atoms with Gasteiger partial charge < -0.3 is 9.64 Å². The number of fused-ring (bicyclic) bond motifs is 2. The molecule has 2 fully saturated rings. The third-order valence-electron chi connectivity index (χ3n) is 4.52. The van der Waals surface area contributed by atoms with E-state index < -0.39 is 0 Å². The van der Waals surface area contributed by atoms with Crippen LogP contribution in [0.4, 0.5) is 0 Å². The number of benzene rings is 1. The summed E-state index contributed by atoms with van der Waals surface area (Å²) in [7, 11) is 0. The average Bonchev–Trinajstić information content (AvgIpc) is 2.53. The van der Waals surface area contributed by atoms with E-state index in [0.29, 0.717) is 43.3 Å². The fourth-order valence-corrected chi connectivity index (χ4v) is 3.52. The van der Waals surface area contributed by atoms with Gasteiger partial charge in [0.15, 0.2) is 0 Å². The number of nitriles is 1. The molecular weight excluding hydrogens is 290 g/mol. The van der Waals surface area contributed by atoms with E-state index in [-0.39, 0.29) is 18.0 Å². The molecule has 122 valence electrons. The van der Waals surface area contributed by atoms with Gasteiger partial charge in [0.2, 0.25) is 0 Å². The first-order valence-electron chi connectivity index (χ1n) is 8.21. The van der Waals surface area contributed by atoms with E-state index in [1.54, 1.807) is 24.3 Å². The standard InChI is InChI=1S/C18H23N3O2/c1-13(2)8-21-16-9-20(10-17(21)12-23-11-16)18(22)15-5-3-4-14(6-15)7-19/h3-6,13,16-17H,8-12H2,1-2H3. The summed E-state index contributed by atoms with van der Waals surface area (Å²) >= 11 is 0. The maximum absolute atomic E-state index is 12.8. The minimum Gasteiger partial charge on any atom is -0.378 e. The molecule has 2 bridgehead atoms. The van der Waals surface area contributed by atoms with Crippen molar-refractivity contribution in [1.29, 1.82) is 5.26 Å². The molecule has 1 aromatic carbocycles. The Morgan fingerprint density at radius 2 is 2.04 bits per heavy atom. The fourth-order valence-electron chi connectivity index (χ4n) is 3.52. The van der Waals surface area contributed by atoms with Gasteiger partial charge >= 0.3 is 0 Å². The summed E-state index contributed by atoms with van der Waals surface area (Å²) in [5.41, 5.74) is 1.12. The summed E-state index contributed by atoms with van der Waals surface area (Å²) in [4.78, 5) is 17.2. The van der Waals surface area contributed by atoms with E-state index in [2.05, 4.69) is 24.8 Å². The van der Waals surface area contributed by atoms with Crippen LogP contribution in [0.15, 0.2) is 24.3 Å². The predicted molar refractivity (Wildman–Crippen MR) is 87.0 cm³/mol. The largest absolute Gasteiger partial charge is 0.378 e. The van der Waals surface area contributed by atoms with E-state index >= 15 is 0 Å². The van der Waals surface area contributed by atoms with Crippen LogP contribution in [0.25, 0.3) is 0 Å². The second-order valence-corrected chi connectivity index (χ2v) is 6.84. The van der Waals surface area contributed by atoms with Gasteiger partial charge in [-0.3, -0.25) is 9.69 Å². The molecule has 2 saturated heterocycles. The van der Waals surface area contributed by atoms with Crippen molar-refractivity contribution in [3.63, 3.8) is 0 Å². The molecule has 0 aliphatic carbocycles. The molecule has 5 heteroatoms. The van der Waals surface area contributed by atoms with E-state index in [1.165, 1.54) is 0 Å². The number of amides is 1. The highest BCUT2D eigenvalue weighted by molar-refractivity contribution is 5.94. The highest BCUT2D eigenvalue weighted by Crippen LogP contribution is 2.24. The van der Waals surface area contributed by atoms with Crippen LogP contribution in [0.1, 0.15) is 29.8 Å². The monoisotopic (exact) mass is 313 g/mol. The molecule has 2 unspecified atom stereocenters. The lowest BCUT2D eigenvalue weighted by molar-refractivity contribution is -0.0933. The van der Waals surface area contributed by atoms with Crippen LogP contribution in [-0.4, -0.2) is 60.6 Å². The van der Waals surface area contributed by atoms with Crippen LogP contribution in [-0.2, 0) is 4.74 Å². The highest BCUT2D eigenvalue weighted by atomic mass is 16.5. The first kappa shape index (κ1) is 16.0. The lowest BCUT2D eigenvalue weighted by Crippen LogP contribution is -2.65. The van der Waals surface area contributed by atoms with Crippen molar-refractivity contribution in [3.05, 3.63) is 35.4 Å². The minimum absolute atomic E-state index is 0.0168. The van der Waals surface area contributed by atoms with E-state index in [9.17, 15) is 4.79 Å². The molecule has 0 spiro atoms. The zero-order valence-corrected chi connectivity index (χ0v) is 13.7. The van der Waals surface area contributed by atoms with Crippen LogP contribution in [0.5, 0.6) is 0 Å². The SMILES string of the molecule is CC(C)CN1C2COCC1CN(C(=O)c1cccc(C#N)c1)C2. The molecule has 1 aromatic rings. The van der Waals surface area contributed by atoms with Gasteiger partial charge in [-0.25, -0.2) is 0 Å². The van der Waals surface area contributed by atoms with E-state index in [0.717, 1.165) is 6.54 Å². The molecule has 0 radical (unpaired) electrons. The van der Waals surface area contributed by atoms with Gasteiger partial charge in [0.25, 0.3) is 5.91 Å². The molecule has 2 aliphatic heterocycles. The van der Waals surface area contributed by atoms with Gasteiger partial charge in [0.1, 0.15) is 0 Å². The summed E-state index contributed by atoms with van der Waals surface area (Å²) in [5, 5.41) is 9.01. The quantitative estimate of drug-likeness (QED) is 0.853. The third-order valence-corrected chi connectivity index (χ3v) is 4.52. The second kappa shape index (κ2) is 6.69. The van der Waals surface area contributed by atoms with Crippen molar-refractivity contribution < 1.29 is 9.53 Å². The first-order valence-corrected chi connectivity index (χ1v) is 8.21. The summed E-state index contributed by atoms with van der Waals surface area (Å²) in [6, 6.07) is 9.59. The van der Waals surface area contributed by atoms with Crippen molar-refractivity contribution in [3.8, 4) is 6.07 Å². The van der Waals surface area contributed by atoms with Gasteiger partial charge in [0, 0.05) is 25.2 Å². The topological polar surface area (TPSA) is 56.6 Å². The number of rotatable bonds is 3. The molecule has 2 aliphatic rings. The van der Waals surface area contributed by atoms with Crippen LogP contribution >= 0.6 is 0 Å². The molecule has 5 nitrogen and oxygen atoms in total. The first-order chi connectivity index (χ1) is 11.1. The molecular formula is C18H23N3O2. The zero-order chi connectivity index (χ0) is 16.4. The lowest BCUT2D eigenvalue weighted by Gasteiger charge is -2.50. The maximum Gasteiger partial charge on any atom is 0.254 e. The maximum atomic E-state index is 12.8. The average molecular weight is 313 g/mol. The number of ether oxygens (including phenoxy) is 1. The molecule has 2 atom stereocenters. The highest BCUT2D eigenvalue weighted by Gasteiger charge is 2.39. The smallest absolute Gasteiger partial charge is 0.254 e. The summed E-state index contributed by atoms with van der Waals surface area (Å²) < 4.78 is 5.70. The lowest BCUT2D eigenvalue weighted by atomic mass is 10.0. The molecule has 0 aromatic heterocycles. The number of carbonyl (C=O) groups is 1. The van der Waals surface area contributed by atoms with Crippen LogP contribution < -0.4 is 0 Å². The van der Waals surface area contributed by atoms with Crippen LogP contribution in [0, 0.1) is 17.2 Å². The van der Waals surface area contributed by atoms with Crippen LogP contribution in [0.3, 0.4) is 0 Å². The fraction of sp³-hybridized carbons (Fsp3) is 0.556. The molecule has 0 N–H and O–H groups in total. The Hall–Kier alpha value is -1.90. The Kier molecular flexibility index (Phi) is 4.65. The van der Waals surface area contributed by atoms with E-state index in [1.807, 2.05) is 4.90 Å². The third kappa shape index (κ3) is 3.39. The van der Waals surface area contributed by atoms with Gasteiger partial charge in [-0.05, 0) is 24.1 Å². The molecule has 3 rings (SSSR count). The Bertz CT molecular complexity index is 609. The second-order valence-electron chi connectivity index (χ2n) is 6.84. The molecule has 23 heavy (non-hydrogen) atoms. The van der Waals surface area contributed by atoms with Crippen molar-refractivity contribution in [2.75, 3.05) is 32.8 Å². The number of hydrogen-bond acceptors (Lipinski definition) is 4. The molecule has 2 heterocycles. The van der Waals surface area contributed by atoms with Gasteiger partial charge in [-0.15, -0.1) is 0 Å². The van der Waals surface area contributed by atoms with Crippen molar-refractivity contribution in [1.82, 2.24) is 9.80 Å². The summed E-state index contributed by atoms with van der Waals surface area (Å²) in [6.45, 7) is 8.25. The number of carbonyl (C=O) groups excluding carboxylic acids is 1. The van der Waals surface area contributed by atoms with E-state index in [4.69, 9.17) is 10.00 Å². The molecule has 1 amide bonds. The Morgan fingerprint density at radius 3 is 2.65 bits per heavy atom. The normalized spacial score (nSPS) is 24.5. The number of nitrogens with zero attached hydrogens (tertiary/aromatic N) is 3. The minimum atomic E-state index is 0.0168. The van der Waals surface area contributed by atoms with Gasteiger partial charge in [-0.2, -0.15) is 5.26 Å². The van der Waals surface area contributed by atoms with Crippen molar-refractivity contribution in [2.24, 2.45) is 5.92 Å². The molecule has 0 saturated carbocycles. The van der Waals surface area contributed by atoms with Gasteiger partial charge in [-0.1, -0.05) is 19.9 Å². The van der Waals surface area contributed by atoms with Gasteiger partial charge in [0.05, 0.1) is 36.9 Å². The Morgan fingerprint density at radius 1 is 1.35 bits per heavy atom. The Labute approximate surface area is 137 Å². The van der Waals surface area contributed by atoms with Crippen molar-refractivity contribution in [2.45, 2.75) is 25.9 Å². The number of hydrogen-bond donors (Lipinski definition) is 0. The summed E-state index contributed by atoms with van der Waals surface area (Å²) in [5.74, 6) is 0.621. The predicted octanol–water partition coefficient (Wildman–Crippen LogP) is 1.74. The van der Waals surface area contributed by atoms with Crippen molar-refractivity contribution >= 4 is 5.91 Å². The number of piperazine rings is 1.